The van der Waals surface area contributed by atoms with Gasteiger partial charge < -0.3 is 9.47 Å². The van der Waals surface area contributed by atoms with Crippen molar-refractivity contribution >= 4 is 28.7 Å². The Bertz CT molecular complexity index is 880. The molecule has 0 saturated carbocycles. The van der Waals surface area contributed by atoms with Gasteiger partial charge in [-0.1, -0.05) is 24.3 Å². The average molecular weight is 385 g/mol. The molecule has 0 aromatic heterocycles. The number of carbonyl (C=O) groups is 3. The molecular weight excluding hydrogens is 366 g/mol. The summed E-state index contributed by atoms with van der Waals surface area (Å²) in [7, 11) is 1.52. The second-order valence-electron chi connectivity index (χ2n) is 6.31. The van der Waals surface area contributed by atoms with Crippen molar-refractivity contribution in [2.75, 3.05) is 13.7 Å². The maximum Gasteiger partial charge on any atom is 0.286 e. The lowest BCUT2D eigenvalue weighted by Gasteiger charge is -2.18. The molecule has 1 atom stereocenters. The molecule has 7 heteroatoms. The van der Waals surface area contributed by atoms with Crippen LogP contribution in [0.5, 0.6) is 11.5 Å². The molecule has 0 radical (unpaired) electrons. The van der Waals surface area contributed by atoms with Crippen molar-refractivity contribution in [3.63, 3.8) is 0 Å². The summed E-state index contributed by atoms with van der Waals surface area (Å²) in [6.45, 7) is 1.64. The average Bonchev–Trinajstić information content (AvgIpc) is 2.92. The SMILES string of the molecule is COc1ccccc1C(=O)COc1ccc(C[C@]2(C)SC(=O)NC2=O)cc1. The van der Waals surface area contributed by atoms with E-state index < -0.39 is 4.75 Å². The van der Waals surface area contributed by atoms with E-state index in [1.165, 1.54) is 7.11 Å². The van der Waals surface area contributed by atoms with Crippen molar-refractivity contribution < 1.29 is 23.9 Å². The first-order chi connectivity index (χ1) is 12.9. The third-order valence-electron chi connectivity index (χ3n) is 4.26. The van der Waals surface area contributed by atoms with E-state index in [1.807, 2.05) is 12.1 Å². The zero-order chi connectivity index (χ0) is 19.4. The lowest BCUT2D eigenvalue weighted by molar-refractivity contribution is -0.121. The number of methoxy groups -OCH3 is 1. The fourth-order valence-corrected chi connectivity index (χ4v) is 3.75. The van der Waals surface area contributed by atoms with Crippen molar-refractivity contribution in [2.45, 2.75) is 18.1 Å². The molecule has 1 aliphatic heterocycles. The molecule has 0 unspecified atom stereocenters. The normalized spacial score (nSPS) is 18.9. The Morgan fingerprint density at radius 3 is 2.44 bits per heavy atom. The standard InChI is InChI=1S/C20H19NO5S/c1-20(18(23)21-19(24)27-20)11-13-7-9-14(10-8-13)26-12-16(22)15-5-3-4-6-17(15)25-2/h3-10H,11-12H2,1-2H3,(H,21,23,24)/t20-/m0/s1. The number of ketones is 1. The summed E-state index contributed by atoms with van der Waals surface area (Å²) in [6, 6.07) is 14.1. The molecule has 1 fully saturated rings. The molecule has 0 spiro atoms. The minimum Gasteiger partial charge on any atom is -0.496 e. The van der Waals surface area contributed by atoms with E-state index in [0.717, 1.165) is 17.3 Å². The minimum atomic E-state index is -0.806. The fourth-order valence-electron chi connectivity index (χ4n) is 2.81. The van der Waals surface area contributed by atoms with Crippen molar-refractivity contribution in [2.24, 2.45) is 0 Å². The van der Waals surface area contributed by atoms with Gasteiger partial charge in [-0.3, -0.25) is 19.7 Å². The van der Waals surface area contributed by atoms with Gasteiger partial charge in [-0.2, -0.15) is 0 Å². The molecule has 0 aliphatic carbocycles. The van der Waals surface area contributed by atoms with E-state index in [0.29, 0.717) is 23.5 Å². The summed E-state index contributed by atoms with van der Waals surface area (Å²) in [6.07, 6.45) is 0.426. The number of benzene rings is 2. The number of hydrogen-bond acceptors (Lipinski definition) is 6. The van der Waals surface area contributed by atoms with E-state index in [1.54, 1.807) is 43.3 Å². The lowest BCUT2D eigenvalue weighted by atomic mass is 9.99. The molecule has 140 valence electrons. The van der Waals surface area contributed by atoms with Crippen LogP contribution in [0.1, 0.15) is 22.8 Å². The summed E-state index contributed by atoms with van der Waals surface area (Å²) in [5.74, 6) is 0.602. The number of Topliss-reactive ketones (excluding diaryl/α,β-unsaturated/α-hetero) is 1. The fraction of sp³-hybridized carbons (Fsp3) is 0.250. The first-order valence-electron chi connectivity index (χ1n) is 8.34. The Morgan fingerprint density at radius 2 is 1.81 bits per heavy atom. The molecule has 1 saturated heterocycles. The Balaban J connectivity index is 1.60. The predicted octanol–water partition coefficient (Wildman–Crippen LogP) is 3.24. The number of nitrogens with one attached hydrogen (secondary N) is 1. The highest BCUT2D eigenvalue weighted by Crippen LogP contribution is 2.34. The predicted molar refractivity (Wildman–Crippen MR) is 103 cm³/mol. The van der Waals surface area contributed by atoms with E-state index in [9.17, 15) is 14.4 Å². The molecule has 3 rings (SSSR count). The molecule has 27 heavy (non-hydrogen) atoms. The molecule has 0 bridgehead atoms. The summed E-state index contributed by atoms with van der Waals surface area (Å²) in [4.78, 5) is 35.6. The van der Waals surface area contributed by atoms with Crippen LogP contribution in [-0.2, 0) is 11.2 Å². The van der Waals surface area contributed by atoms with Crippen LogP contribution in [0.25, 0.3) is 0 Å². The zero-order valence-corrected chi connectivity index (χ0v) is 15.8. The van der Waals surface area contributed by atoms with Gasteiger partial charge in [0.2, 0.25) is 11.7 Å². The summed E-state index contributed by atoms with van der Waals surface area (Å²) < 4.78 is 9.95. The van der Waals surface area contributed by atoms with Crippen molar-refractivity contribution in [3.05, 3.63) is 59.7 Å². The number of amides is 2. The number of carbonyl (C=O) groups excluding carboxylic acids is 3. The molecule has 6 nitrogen and oxygen atoms in total. The Hall–Kier alpha value is -2.80. The maximum atomic E-state index is 12.3. The Kier molecular flexibility index (Phi) is 5.51. The molecule has 2 aromatic carbocycles. The van der Waals surface area contributed by atoms with Crippen LogP contribution >= 0.6 is 11.8 Å². The van der Waals surface area contributed by atoms with Gasteiger partial charge >= 0.3 is 0 Å². The summed E-state index contributed by atoms with van der Waals surface area (Å²) in [5.41, 5.74) is 1.37. The summed E-state index contributed by atoms with van der Waals surface area (Å²) >= 11 is 1.00. The van der Waals surface area contributed by atoms with Gasteiger partial charge in [-0.15, -0.1) is 0 Å². The van der Waals surface area contributed by atoms with Crippen LogP contribution in [-0.4, -0.2) is 35.4 Å². The van der Waals surface area contributed by atoms with Gasteiger partial charge in [0, 0.05) is 0 Å². The molecule has 1 heterocycles. The topological polar surface area (TPSA) is 81.7 Å². The highest BCUT2D eigenvalue weighted by atomic mass is 32.2. The number of ether oxygens (including phenoxy) is 2. The largest absolute Gasteiger partial charge is 0.496 e. The van der Waals surface area contributed by atoms with Crippen molar-refractivity contribution in [3.8, 4) is 11.5 Å². The number of para-hydroxylation sites is 1. The zero-order valence-electron chi connectivity index (χ0n) is 15.0. The van der Waals surface area contributed by atoms with E-state index in [-0.39, 0.29) is 23.5 Å². The highest BCUT2D eigenvalue weighted by molar-refractivity contribution is 8.16. The lowest BCUT2D eigenvalue weighted by Crippen LogP contribution is -2.35. The molecule has 2 aromatic rings. The molecule has 1 N–H and O–H groups in total. The monoisotopic (exact) mass is 385 g/mol. The number of imide groups is 1. The van der Waals surface area contributed by atoms with E-state index in [4.69, 9.17) is 9.47 Å². The smallest absolute Gasteiger partial charge is 0.286 e. The van der Waals surface area contributed by atoms with Crippen LogP contribution in [0, 0.1) is 0 Å². The highest BCUT2D eigenvalue weighted by Gasteiger charge is 2.43. The van der Waals surface area contributed by atoms with Gasteiger partial charge in [0.25, 0.3) is 5.24 Å². The third-order valence-corrected chi connectivity index (χ3v) is 5.32. The van der Waals surface area contributed by atoms with Gasteiger partial charge in [-0.25, -0.2) is 0 Å². The van der Waals surface area contributed by atoms with Gasteiger partial charge in [0.15, 0.2) is 6.61 Å². The second-order valence-corrected chi connectivity index (χ2v) is 7.78. The van der Waals surface area contributed by atoms with Crippen molar-refractivity contribution in [1.29, 1.82) is 0 Å². The number of thioether (sulfide) groups is 1. The van der Waals surface area contributed by atoms with Gasteiger partial charge in [0.1, 0.15) is 16.2 Å². The minimum absolute atomic E-state index is 0.107. The van der Waals surface area contributed by atoms with E-state index >= 15 is 0 Å². The summed E-state index contributed by atoms with van der Waals surface area (Å²) in [5, 5.41) is 1.99. The quantitative estimate of drug-likeness (QED) is 0.737. The maximum absolute atomic E-state index is 12.3. The first kappa shape index (κ1) is 19.0. The molecule has 1 aliphatic rings. The first-order valence-corrected chi connectivity index (χ1v) is 9.15. The van der Waals surface area contributed by atoms with Crippen LogP contribution in [0.3, 0.4) is 0 Å². The van der Waals surface area contributed by atoms with Crippen molar-refractivity contribution in [1.82, 2.24) is 5.32 Å². The Morgan fingerprint density at radius 1 is 1.11 bits per heavy atom. The number of rotatable bonds is 7. The third kappa shape index (κ3) is 4.31. The van der Waals surface area contributed by atoms with E-state index in [2.05, 4.69) is 5.32 Å². The Labute approximate surface area is 161 Å². The molecule has 2 amide bonds. The van der Waals surface area contributed by atoms with Crippen LogP contribution in [0.4, 0.5) is 4.79 Å². The molecular formula is C20H19NO5S. The number of hydrogen-bond donors (Lipinski definition) is 1. The van der Waals surface area contributed by atoms with Gasteiger partial charge in [0.05, 0.1) is 12.7 Å². The van der Waals surface area contributed by atoms with Crippen LogP contribution in [0.2, 0.25) is 0 Å². The second kappa shape index (κ2) is 7.84. The van der Waals surface area contributed by atoms with Crippen LogP contribution in [0.15, 0.2) is 48.5 Å². The van der Waals surface area contributed by atoms with Gasteiger partial charge in [-0.05, 0) is 54.9 Å². The van der Waals surface area contributed by atoms with Crippen LogP contribution < -0.4 is 14.8 Å².